The molecule has 2 aliphatic heterocycles. The van der Waals surface area contributed by atoms with Gasteiger partial charge in [0.15, 0.2) is 0 Å². The Labute approximate surface area is 225 Å². The van der Waals surface area contributed by atoms with Gasteiger partial charge in [-0.25, -0.2) is 16.8 Å². The van der Waals surface area contributed by atoms with E-state index in [0.29, 0.717) is 73.8 Å². The molecule has 0 aliphatic carbocycles. The smallest absolute Gasteiger partial charge is 0.243 e. The van der Waals surface area contributed by atoms with E-state index < -0.39 is 20.0 Å². The number of rotatable bonds is 8. The zero-order valence-electron chi connectivity index (χ0n) is 21.2. The van der Waals surface area contributed by atoms with Crippen molar-refractivity contribution in [1.82, 2.24) is 13.5 Å². The molecule has 2 aromatic carbocycles. The van der Waals surface area contributed by atoms with Crippen molar-refractivity contribution in [2.24, 2.45) is 0 Å². The van der Waals surface area contributed by atoms with Gasteiger partial charge >= 0.3 is 0 Å². The second-order valence-electron chi connectivity index (χ2n) is 9.87. The first kappa shape index (κ1) is 28.0. The van der Waals surface area contributed by atoms with Gasteiger partial charge < -0.3 is 0 Å². The van der Waals surface area contributed by atoms with Gasteiger partial charge in [-0.05, 0) is 74.1 Å². The third kappa shape index (κ3) is 6.36. The van der Waals surface area contributed by atoms with Gasteiger partial charge in [-0.15, -0.1) is 0 Å². The molecular formula is C26H33ClN4O4S2. The summed E-state index contributed by atoms with van der Waals surface area (Å²) in [5.74, 6) is -0.0769. The normalized spacial score (nSPS) is 20.2. The Balaban J connectivity index is 1.36. The average molecular weight is 565 g/mol. The summed E-state index contributed by atoms with van der Waals surface area (Å²) in [5.41, 5.74) is 2.93. The number of sulfonamides is 2. The lowest BCUT2D eigenvalue weighted by atomic mass is 10.1. The third-order valence-corrected chi connectivity index (χ3v) is 11.7. The molecule has 200 valence electrons. The van der Waals surface area contributed by atoms with Crippen LogP contribution in [0.3, 0.4) is 0 Å². The molecule has 11 heteroatoms. The monoisotopic (exact) mass is 564 g/mol. The van der Waals surface area contributed by atoms with Crippen LogP contribution < -0.4 is 0 Å². The second kappa shape index (κ2) is 11.4. The molecule has 2 heterocycles. The number of aryl methyl sites for hydroxylation is 2. The summed E-state index contributed by atoms with van der Waals surface area (Å²) in [7, 11) is -7.26. The lowest BCUT2D eigenvalue weighted by molar-refractivity contribution is 0.181. The Morgan fingerprint density at radius 2 is 1.73 bits per heavy atom. The molecule has 0 aromatic heterocycles. The van der Waals surface area contributed by atoms with Gasteiger partial charge in [0.1, 0.15) is 0 Å². The van der Waals surface area contributed by atoms with E-state index in [1.807, 2.05) is 18.2 Å². The van der Waals surface area contributed by atoms with E-state index in [-0.39, 0.29) is 23.1 Å². The van der Waals surface area contributed by atoms with Crippen LogP contribution in [0.1, 0.15) is 41.5 Å². The zero-order chi connectivity index (χ0) is 26.8. The summed E-state index contributed by atoms with van der Waals surface area (Å²) < 4.78 is 56.2. The Morgan fingerprint density at radius 1 is 1.00 bits per heavy atom. The van der Waals surface area contributed by atoms with Crippen LogP contribution in [0.5, 0.6) is 0 Å². The van der Waals surface area contributed by atoms with E-state index in [0.717, 1.165) is 5.56 Å². The number of hydrogen-bond acceptors (Lipinski definition) is 6. The molecule has 2 saturated heterocycles. The zero-order valence-corrected chi connectivity index (χ0v) is 23.6. The van der Waals surface area contributed by atoms with Crippen molar-refractivity contribution in [1.29, 1.82) is 5.26 Å². The quantitative estimate of drug-likeness (QED) is 0.486. The summed E-state index contributed by atoms with van der Waals surface area (Å²) in [5, 5.41) is 9.62. The largest absolute Gasteiger partial charge is 0.296 e. The molecule has 37 heavy (non-hydrogen) atoms. The number of benzene rings is 2. The predicted molar refractivity (Wildman–Crippen MR) is 144 cm³/mol. The summed E-state index contributed by atoms with van der Waals surface area (Å²) in [6, 6.07) is 12.5. The molecule has 1 atom stereocenters. The lowest BCUT2D eigenvalue weighted by Gasteiger charge is -2.34. The van der Waals surface area contributed by atoms with Gasteiger partial charge in [-0.3, -0.25) is 4.90 Å². The minimum atomic E-state index is -3.75. The van der Waals surface area contributed by atoms with E-state index >= 15 is 0 Å². The van der Waals surface area contributed by atoms with Gasteiger partial charge in [0, 0.05) is 50.3 Å². The van der Waals surface area contributed by atoms with Crippen LogP contribution in [-0.4, -0.2) is 74.9 Å². The van der Waals surface area contributed by atoms with Crippen molar-refractivity contribution >= 4 is 31.6 Å². The summed E-state index contributed by atoms with van der Waals surface area (Å²) in [4.78, 5) is 2.42. The van der Waals surface area contributed by atoms with Crippen molar-refractivity contribution in [2.75, 3.05) is 38.5 Å². The molecule has 1 unspecified atom stereocenters. The van der Waals surface area contributed by atoms with Crippen LogP contribution >= 0.6 is 11.6 Å². The first-order valence-electron chi connectivity index (χ1n) is 12.5. The highest BCUT2D eigenvalue weighted by atomic mass is 35.5. The lowest BCUT2D eigenvalue weighted by Crippen LogP contribution is -2.49. The third-order valence-electron chi connectivity index (χ3n) is 7.26. The number of nitrogens with zero attached hydrogens (tertiary/aromatic N) is 4. The van der Waals surface area contributed by atoms with Gasteiger partial charge in [0.25, 0.3) is 0 Å². The summed E-state index contributed by atoms with van der Waals surface area (Å²) >= 11 is 6.17. The number of halogens is 1. The van der Waals surface area contributed by atoms with Crippen molar-refractivity contribution in [3.05, 3.63) is 63.7 Å². The number of piperazine rings is 1. The molecule has 8 nitrogen and oxygen atoms in total. The first-order valence-corrected chi connectivity index (χ1v) is 15.9. The molecular weight excluding hydrogens is 532 g/mol. The summed E-state index contributed by atoms with van der Waals surface area (Å²) in [6.07, 6.45) is 1.63. The summed E-state index contributed by atoms with van der Waals surface area (Å²) in [6.45, 7) is 6.57. The Bertz CT molecular complexity index is 1400. The highest BCUT2D eigenvalue weighted by molar-refractivity contribution is 7.89. The second-order valence-corrected chi connectivity index (χ2v) is 14.2. The maximum atomic E-state index is 13.5. The van der Waals surface area contributed by atoms with Crippen molar-refractivity contribution in [2.45, 2.75) is 50.6 Å². The van der Waals surface area contributed by atoms with Crippen molar-refractivity contribution in [3.8, 4) is 6.07 Å². The minimum Gasteiger partial charge on any atom is -0.296 e. The maximum absolute atomic E-state index is 13.5. The topological polar surface area (TPSA) is 102 Å². The Hall–Kier alpha value is -2.00. The maximum Gasteiger partial charge on any atom is 0.243 e. The molecule has 0 N–H and O–H groups in total. The van der Waals surface area contributed by atoms with Crippen LogP contribution in [0.4, 0.5) is 0 Å². The van der Waals surface area contributed by atoms with Crippen LogP contribution in [0, 0.1) is 25.2 Å². The van der Waals surface area contributed by atoms with E-state index in [1.54, 1.807) is 32.0 Å². The molecule has 0 radical (unpaired) electrons. The fourth-order valence-corrected chi connectivity index (χ4v) is 8.93. The van der Waals surface area contributed by atoms with Crippen LogP contribution in [0.25, 0.3) is 0 Å². The predicted octanol–water partition coefficient (Wildman–Crippen LogP) is 3.52. The van der Waals surface area contributed by atoms with Crippen LogP contribution in [0.2, 0.25) is 5.02 Å². The fraction of sp³-hybridized carbons (Fsp3) is 0.500. The Kier molecular flexibility index (Phi) is 8.63. The molecule has 0 saturated carbocycles. The van der Waals surface area contributed by atoms with Crippen LogP contribution in [0.15, 0.2) is 41.3 Å². The van der Waals surface area contributed by atoms with E-state index in [2.05, 4.69) is 11.0 Å². The SMILES string of the molecule is Cc1cc(S(=O)(=O)N2CCCC2CCS(=O)(=O)N2CCN(Cc3cccc(C#N)c3)CC2)c(C)cc1Cl. The molecule has 0 amide bonds. The van der Waals surface area contributed by atoms with Crippen molar-refractivity contribution < 1.29 is 16.8 Å². The van der Waals surface area contributed by atoms with E-state index in [1.165, 1.54) is 8.61 Å². The highest BCUT2D eigenvalue weighted by Crippen LogP contribution is 2.32. The van der Waals surface area contributed by atoms with Crippen LogP contribution in [-0.2, 0) is 26.6 Å². The molecule has 2 aromatic rings. The molecule has 0 bridgehead atoms. The van der Waals surface area contributed by atoms with Crippen molar-refractivity contribution in [3.63, 3.8) is 0 Å². The van der Waals surface area contributed by atoms with Gasteiger partial charge in [0.05, 0.1) is 22.3 Å². The number of nitriles is 1. The average Bonchev–Trinajstić information content (AvgIpc) is 3.35. The van der Waals surface area contributed by atoms with Gasteiger partial charge in [0.2, 0.25) is 20.0 Å². The van der Waals surface area contributed by atoms with Gasteiger partial charge in [-0.1, -0.05) is 23.7 Å². The van der Waals surface area contributed by atoms with E-state index in [4.69, 9.17) is 16.9 Å². The molecule has 2 fully saturated rings. The standard InChI is InChI=1S/C26H33ClN4O4S2/c1-20-16-26(21(2)15-25(20)27)37(34,35)31-9-4-7-24(31)8-14-36(32,33)30-12-10-29(11-13-30)19-23-6-3-5-22(17-23)18-28/h3,5-6,15-17,24H,4,7-14,19H2,1-2H3. The highest BCUT2D eigenvalue weighted by Gasteiger charge is 2.37. The minimum absolute atomic E-state index is 0.0769. The molecule has 4 rings (SSSR count). The fourth-order valence-electron chi connectivity index (χ4n) is 5.15. The first-order chi connectivity index (χ1) is 17.5. The molecule has 2 aliphatic rings. The number of hydrogen-bond donors (Lipinski definition) is 0. The van der Waals surface area contributed by atoms with E-state index in [9.17, 15) is 16.8 Å². The van der Waals surface area contributed by atoms with Gasteiger partial charge in [-0.2, -0.15) is 13.9 Å². The Morgan fingerprint density at radius 3 is 2.43 bits per heavy atom. The molecule has 0 spiro atoms.